The van der Waals surface area contributed by atoms with Crippen LogP contribution in [0.4, 0.5) is 4.79 Å². The Morgan fingerprint density at radius 2 is 1.81 bits per heavy atom. The molecule has 1 rings (SSSR count). The molecule has 1 aromatic carbocycles. The smallest absolute Gasteiger partial charge is 0.329 e. The van der Waals surface area contributed by atoms with E-state index in [0.717, 1.165) is 5.56 Å². The summed E-state index contributed by atoms with van der Waals surface area (Å²) < 4.78 is 21.9. The van der Waals surface area contributed by atoms with E-state index >= 15 is 0 Å². The van der Waals surface area contributed by atoms with Crippen LogP contribution in [0, 0.1) is 0 Å². The number of amides is 2. The Kier molecular flexibility index (Phi) is 3.82. The van der Waals surface area contributed by atoms with Gasteiger partial charge in [0.25, 0.3) is 0 Å². The van der Waals surface area contributed by atoms with Gasteiger partial charge in [-0.3, -0.25) is 5.43 Å². The van der Waals surface area contributed by atoms with Crippen LogP contribution in [0.1, 0.15) is 5.56 Å². The van der Waals surface area contributed by atoms with Crippen molar-refractivity contribution in [3.05, 3.63) is 29.8 Å². The van der Waals surface area contributed by atoms with Gasteiger partial charge in [0, 0.05) is 6.54 Å². The van der Waals surface area contributed by atoms with Gasteiger partial charge < -0.3 is 5.32 Å². The highest BCUT2D eigenvalue weighted by molar-refractivity contribution is 7.89. The van der Waals surface area contributed by atoms with Gasteiger partial charge in [-0.2, -0.15) is 0 Å². The summed E-state index contributed by atoms with van der Waals surface area (Å²) >= 11 is 0. The first-order valence-electron chi connectivity index (χ1n) is 4.29. The minimum atomic E-state index is -3.68. The molecule has 6 N–H and O–H groups in total. The molecule has 88 valence electrons. The number of hydrogen-bond donors (Lipinski definition) is 4. The van der Waals surface area contributed by atoms with E-state index in [0.29, 0.717) is 0 Å². The maximum Gasteiger partial charge on any atom is 0.329 e. The second-order valence-corrected chi connectivity index (χ2v) is 4.58. The van der Waals surface area contributed by atoms with Gasteiger partial charge >= 0.3 is 6.03 Å². The molecule has 8 heteroatoms. The third-order valence-corrected chi connectivity index (χ3v) is 2.77. The van der Waals surface area contributed by atoms with Crippen molar-refractivity contribution in [1.82, 2.24) is 10.7 Å². The van der Waals surface area contributed by atoms with Crippen LogP contribution < -0.4 is 21.7 Å². The number of rotatable bonds is 3. The molecule has 0 heterocycles. The number of hydrogen-bond acceptors (Lipinski definition) is 4. The summed E-state index contributed by atoms with van der Waals surface area (Å²) in [5.74, 6) is 4.86. The Labute approximate surface area is 92.8 Å². The Hall–Kier alpha value is -1.64. The lowest BCUT2D eigenvalue weighted by atomic mass is 10.2. The molecular formula is C8H12N4O3S. The fourth-order valence-electron chi connectivity index (χ4n) is 1.03. The molecule has 2 amide bonds. The monoisotopic (exact) mass is 244 g/mol. The highest BCUT2D eigenvalue weighted by Crippen LogP contribution is 2.08. The molecule has 0 radical (unpaired) electrons. The van der Waals surface area contributed by atoms with E-state index in [2.05, 4.69) is 5.32 Å². The third-order valence-electron chi connectivity index (χ3n) is 1.84. The van der Waals surface area contributed by atoms with Gasteiger partial charge in [-0.05, 0) is 17.7 Å². The first-order chi connectivity index (χ1) is 7.43. The molecule has 0 aliphatic carbocycles. The van der Waals surface area contributed by atoms with Gasteiger partial charge in [-0.1, -0.05) is 12.1 Å². The second-order valence-electron chi connectivity index (χ2n) is 3.02. The summed E-state index contributed by atoms with van der Waals surface area (Å²) in [6.07, 6.45) is 0. The SMILES string of the molecule is NNC(=O)NCc1ccc(S(N)(=O)=O)cc1. The molecule has 16 heavy (non-hydrogen) atoms. The maximum absolute atomic E-state index is 10.9. The average molecular weight is 244 g/mol. The minimum absolute atomic E-state index is 0.0273. The van der Waals surface area contributed by atoms with Crippen molar-refractivity contribution >= 4 is 16.1 Å². The predicted molar refractivity (Wildman–Crippen MR) is 57.4 cm³/mol. The highest BCUT2D eigenvalue weighted by atomic mass is 32.2. The Bertz CT molecular complexity index is 469. The normalized spacial score (nSPS) is 10.9. The fourth-order valence-corrected chi connectivity index (χ4v) is 1.55. The quantitative estimate of drug-likeness (QED) is 0.309. The molecule has 0 bridgehead atoms. The molecule has 0 saturated heterocycles. The van der Waals surface area contributed by atoms with E-state index in [1.807, 2.05) is 5.43 Å². The van der Waals surface area contributed by atoms with Crippen molar-refractivity contribution in [2.24, 2.45) is 11.0 Å². The number of nitrogens with one attached hydrogen (secondary N) is 2. The number of benzene rings is 1. The summed E-state index contributed by atoms with van der Waals surface area (Å²) in [6.45, 7) is 0.244. The van der Waals surface area contributed by atoms with Crippen molar-refractivity contribution in [2.75, 3.05) is 0 Å². The molecule has 1 aromatic rings. The van der Waals surface area contributed by atoms with Crippen molar-refractivity contribution in [1.29, 1.82) is 0 Å². The zero-order chi connectivity index (χ0) is 12.2. The molecule has 0 aromatic heterocycles. The first-order valence-corrected chi connectivity index (χ1v) is 5.84. The standard InChI is InChI=1S/C8H12N4O3S/c9-12-8(13)11-5-6-1-3-7(4-2-6)16(10,14)15/h1-4H,5,9H2,(H2,10,14,15)(H2,11,12,13). The van der Waals surface area contributed by atoms with Crippen molar-refractivity contribution in [3.63, 3.8) is 0 Å². The van der Waals surface area contributed by atoms with Crippen LogP contribution in [-0.4, -0.2) is 14.4 Å². The summed E-state index contributed by atoms with van der Waals surface area (Å²) in [7, 11) is -3.68. The van der Waals surface area contributed by atoms with E-state index in [-0.39, 0.29) is 11.4 Å². The van der Waals surface area contributed by atoms with Crippen LogP contribution in [0.2, 0.25) is 0 Å². The average Bonchev–Trinajstić information content (AvgIpc) is 2.25. The summed E-state index contributed by atoms with van der Waals surface area (Å²) in [4.78, 5) is 10.8. The van der Waals surface area contributed by atoms with Crippen LogP contribution in [0.25, 0.3) is 0 Å². The van der Waals surface area contributed by atoms with Crippen LogP contribution in [0.5, 0.6) is 0 Å². The molecule has 0 unspecified atom stereocenters. The molecular weight excluding hydrogens is 232 g/mol. The lowest BCUT2D eigenvalue weighted by Crippen LogP contribution is -2.39. The topological polar surface area (TPSA) is 127 Å². The highest BCUT2D eigenvalue weighted by Gasteiger charge is 2.06. The molecule has 0 aliphatic rings. The van der Waals surface area contributed by atoms with Gasteiger partial charge in [0.05, 0.1) is 4.90 Å². The molecule has 7 nitrogen and oxygen atoms in total. The summed E-state index contributed by atoms with van der Waals surface area (Å²) in [5.41, 5.74) is 2.64. The molecule has 0 atom stereocenters. The van der Waals surface area contributed by atoms with E-state index in [9.17, 15) is 13.2 Å². The molecule has 0 spiro atoms. The van der Waals surface area contributed by atoms with E-state index in [1.165, 1.54) is 12.1 Å². The second kappa shape index (κ2) is 4.92. The lowest BCUT2D eigenvalue weighted by Gasteiger charge is -2.04. The first kappa shape index (κ1) is 12.4. The van der Waals surface area contributed by atoms with Crippen molar-refractivity contribution in [2.45, 2.75) is 11.4 Å². The van der Waals surface area contributed by atoms with Crippen molar-refractivity contribution < 1.29 is 13.2 Å². The van der Waals surface area contributed by atoms with Crippen LogP contribution in [-0.2, 0) is 16.6 Å². The lowest BCUT2D eigenvalue weighted by molar-refractivity contribution is 0.241. The van der Waals surface area contributed by atoms with Crippen LogP contribution in [0.3, 0.4) is 0 Å². The van der Waals surface area contributed by atoms with Gasteiger partial charge in [0.15, 0.2) is 0 Å². The molecule has 0 fully saturated rings. The molecule has 0 saturated carbocycles. The van der Waals surface area contributed by atoms with Crippen LogP contribution in [0.15, 0.2) is 29.2 Å². The van der Waals surface area contributed by atoms with Crippen molar-refractivity contribution in [3.8, 4) is 0 Å². The zero-order valence-electron chi connectivity index (χ0n) is 8.30. The summed E-state index contributed by atoms with van der Waals surface area (Å²) in [6, 6.07) is 5.32. The Morgan fingerprint density at radius 1 is 1.25 bits per heavy atom. The Balaban J connectivity index is 2.69. The van der Waals surface area contributed by atoms with Gasteiger partial charge in [0.2, 0.25) is 10.0 Å². The zero-order valence-corrected chi connectivity index (χ0v) is 9.12. The Morgan fingerprint density at radius 3 is 2.25 bits per heavy atom. The number of carbonyl (C=O) groups excluding carboxylic acids is 1. The number of nitrogens with two attached hydrogens (primary N) is 2. The number of primary sulfonamides is 1. The largest absolute Gasteiger partial charge is 0.333 e. The van der Waals surface area contributed by atoms with E-state index in [4.69, 9.17) is 11.0 Å². The predicted octanol–water partition coefficient (Wildman–Crippen LogP) is -0.993. The van der Waals surface area contributed by atoms with E-state index in [1.54, 1.807) is 12.1 Å². The maximum atomic E-state index is 10.9. The summed E-state index contributed by atoms with van der Waals surface area (Å²) in [5, 5.41) is 7.38. The number of sulfonamides is 1. The number of hydrazine groups is 1. The number of carbonyl (C=O) groups is 1. The van der Waals surface area contributed by atoms with Crippen LogP contribution >= 0.6 is 0 Å². The van der Waals surface area contributed by atoms with Gasteiger partial charge in [-0.25, -0.2) is 24.2 Å². The minimum Gasteiger partial charge on any atom is -0.333 e. The van der Waals surface area contributed by atoms with Gasteiger partial charge in [-0.15, -0.1) is 0 Å². The van der Waals surface area contributed by atoms with E-state index < -0.39 is 16.1 Å². The fraction of sp³-hybridized carbons (Fsp3) is 0.125. The number of urea groups is 1. The van der Waals surface area contributed by atoms with Gasteiger partial charge in [0.1, 0.15) is 0 Å². The third kappa shape index (κ3) is 3.50. The molecule has 0 aliphatic heterocycles.